The number of hydrazone groups is 1. The molecule has 8 nitrogen and oxygen atoms in total. The Kier molecular flexibility index (Phi) is 5.85. The summed E-state index contributed by atoms with van der Waals surface area (Å²) in [6, 6.07) is 6.48. The Morgan fingerprint density at radius 1 is 1.29 bits per heavy atom. The lowest BCUT2D eigenvalue weighted by atomic mass is 10.2. The van der Waals surface area contributed by atoms with Gasteiger partial charge in [0.2, 0.25) is 5.91 Å². The number of methoxy groups -OCH3 is 2. The van der Waals surface area contributed by atoms with Crippen molar-refractivity contribution in [1.82, 2.24) is 15.4 Å². The Hall–Kier alpha value is -2.94. The monoisotopic (exact) mass is 348 g/mol. The van der Waals surface area contributed by atoms with Gasteiger partial charge in [-0.3, -0.25) is 14.6 Å². The molecule has 0 saturated heterocycles. The van der Waals surface area contributed by atoms with Crippen LogP contribution in [0.5, 0.6) is 11.5 Å². The van der Waals surface area contributed by atoms with E-state index >= 15 is 0 Å². The molecule has 2 aromatic rings. The van der Waals surface area contributed by atoms with Crippen LogP contribution in [-0.4, -0.2) is 36.3 Å². The lowest BCUT2D eigenvalue weighted by Gasteiger charge is -2.07. The first-order valence-electron chi connectivity index (χ1n) is 6.88. The highest BCUT2D eigenvalue weighted by molar-refractivity contribution is 7.71. The first kappa shape index (κ1) is 17.4. The molecule has 0 atom stereocenters. The minimum Gasteiger partial charge on any atom is -0.497 e. The molecular weight excluding hydrogens is 332 g/mol. The van der Waals surface area contributed by atoms with Crippen LogP contribution in [-0.2, 0) is 11.2 Å². The van der Waals surface area contributed by atoms with E-state index in [0.29, 0.717) is 22.8 Å². The number of carbonyl (C=O) groups excluding carboxylic acids is 1. The summed E-state index contributed by atoms with van der Waals surface area (Å²) in [5.41, 5.74) is 3.08. The van der Waals surface area contributed by atoms with Crippen molar-refractivity contribution in [2.24, 2.45) is 5.10 Å². The lowest BCUT2D eigenvalue weighted by Crippen LogP contribution is -2.21. The van der Waals surface area contributed by atoms with Gasteiger partial charge in [0.1, 0.15) is 11.5 Å². The van der Waals surface area contributed by atoms with Crippen LogP contribution in [0.2, 0.25) is 0 Å². The molecule has 1 aromatic heterocycles. The molecule has 0 aliphatic rings. The van der Waals surface area contributed by atoms with Gasteiger partial charge < -0.3 is 14.5 Å². The van der Waals surface area contributed by atoms with Crippen LogP contribution in [0.4, 0.5) is 0 Å². The Morgan fingerprint density at radius 3 is 2.75 bits per heavy atom. The van der Waals surface area contributed by atoms with Crippen molar-refractivity contribution >= 4 is 24.3 Å². The molecule has 0 radical (unpaired) electrons. The summed E-state index contributed by atoms with van der Waals surface area (Å²) in [6.07, 6.45) is 1.40. The van der Waals surface area contributed by atoms with Crippen molar-refractivity contribution in [2.45, 2.75) is 6.42 Å². The van der Waals surface area contributed by atoms with Gasteiger partial charge in [0.05, 0.1) is 26.9 Å². The van der Waals surface area contributed by atoms with Crippen molar-refractivity contribution in [3.63, 3.8) is 0 Å². The van der Waals surface area contributed by atoms with Crippen LogP contribution in [0, 0.1) is 4.77 Å². The first-order chi connectivity index (χ1) is 11.5. The van der Waals surface area contributed by atoms with E-state index in [9.17, 15) is 9.59 Å². The number of nitrogens with one attached hydrogen (secondary N) is 3. The van der Waals surface area contributed by atoms with E-state index in [1.54, 1.807) is 25.3 Å². The Labute approximate surface area is 142 Å². The first-order valence-corrected chi connectivity index (χ1v) is 7.29. The summed E-state index contributed by atoms with van der Waals surface area (Å²) in [7, 11) is 3.09. The molecule has 0 aliphatic heterocycles. The molecule has 1 heterocycles. The number of rotatable bonds is 6. The summed E-state index contributed by atoms with van der Waals surface area (Å²) in [4.78, 5) is 28.2. The molecule has 0 aliphatic carbocycles. The maximum Gasteiger partial charge on any atom is 0.251 e. The molecular formula is C15H16N4O4S. The van der Waals surface area contributed by atoms with Gasteiger partial charge in [-0.2, -0.15) is 5.10 Å². The third-order valence-corrected chi connectivity index (χ3v) is 3.20. The van der Waals surface area contributed by atoms with E-state index in [4.69, 9.17) is 21.7 Å². The number of aromatic nitrogens is 2. The number of carbonyl (C=O) groups is 1. The third-order valence-electron chi connectivity index (χ3n) is 3.00. The smallest absolute Gasteiger partial charge is 0.251 e. The number of amides is 1. The highest BCUT2D eigenvalue weighted by Gasteiger charge is 2.05. The zero-order chi connectivity index (χ0) is 17.5. The largest absolute Gasteiger partial charge is 0.497 e. The maximum absolute atomic E-state index is 11.8. The second kappa shape index (κ2) is 8.06. The predicted molar refractivity (Wildman–Crippen MR) is 91.2 cm³/mol. The van der Waals surface area contributed by atoms with Gasteiger partial charge in [-0.15, -0.1) is 0 Å². The molecule has 2 rings (SSSR count). The Balaban J connectivity index is 2.02. The quantitative estimate of drug-likeness (QED) is 0.412. The van der Waals surface area contributed by atoms with Crippen LogP contribution in [0.1, 0.15) is 11.3 Å². The van der Waals surface area contributed by atoms with Gasteiger partial charge in [-0.25, -0.2) is 5.43 Å². The van der Waals surface area contributed by atoms with Crippen LogP contribution < -0.4 is 20.5 Å². The topological polar surface area (TPSA) is 109 Å². The van der Waals surface area contributed by atoms with E-state index in [1.165, 1.54) is 19.4 Å². The number of H-pyrrole nitrogens is 2. The number of hydrogen-bond donors (Lipinski definition) is 3. The van der Waals surface area contributed by atoms with Crippen LogP contribution in [0.15, 0.2) is 34.2 Å². The molecule has 9 heteroatoms. The minimum atomic E-state index is -0.394. The summed E-state index contributed by atoms with van der Waals surface area (Å²) < 4.78 is 10.5. The molecule has 0 bridgehead atoms. The average Bonchev–Trinajstić information content (AvgIpc) is 2.54. The molecule has 126 valence electrons. The zero-order valence-corrected chi connectivity index (χ0v) is 13.9. The molecule has 24 heavy (non-hydrogen) atoms. The number of hydrogen-bond acceptors (Lipinski definition) is 6. The van der Waals surface area contributed by atoms with Crippen LogP contribution >= 0.6 is 12.2 Å². The number of aromatic amines is 2. The minimum absolute atomic E-state index is 0.0509. The molecule has 0 unspecified atom stereocenters. The van der Waals surface area contributed by atoms with E-state index in [1.807, 2.05) is 0 Å². The van der Waals surface area contributed by atoms with Crippen LogP contribution in [0.25, 0.3) is 0 Å². The van der Waals surface area contributed by atoms with Gasteiger partial charge in [-0.05, 0) is 24.4 Å². The highest BCUT2D eigenvalue weighted by Crippen LogP contribution is 2.22. The molecule has 0 saturated carbocycles. The normalized spacial score (nSPS) is 10.6. The molecule has 3 N–H and O–H groups in total. The fourth-order valence-corrected chi connectivity index (χ4v) is 2.16. The third kappa shape index (κ3) is 4.78. The summed E-state index contributed by atoms with van der Waals surface area (Å²) in [5, 5.41) is 3.88. The highest BCUT2D eigenvalue weighted by atomic mass is 32.1. The fraction of sp³-hybridized carbons (Fsp3) is 0.200. The predicted octanol–water partition coefficient (Wildman–Crippen LogP) is 1.14. The van der Waals surface area contributed by atoms with Gasteiger partial charge >= 0.3 is 0 Å². The van der Waals surface area contributed by atoms with E-state index in [2.05, 4.69) is 20.5 Å². The van der Waals surface area contributed by atoms with Crippen molar-refractivity contribution in [2.75, 3.05) is 14.2 Å². The summed E-state index contributed by atoms with van der Waals surface area (Å²) in [5.74, 6) is 0.818. The van der Waals surface area contributed by atoms with E-state index < -0.39 is 5.91 Å². The van der Waals surface area contributed by atoms with E-state index in [0.717, 1.165) is 0 Å². The SMILES string of the molecule is COc1ccc(/C=N\NC(=O)Cc2cc(=O)[nH]c(=S)[nH]2)c(OC)c1. The van der Waals surface area contributed by atoms with Crippen molar-refractivity contribution in [1.29, 1.82) is 0 Å². The molecule has 0 spiro atoms. The second-order valence-corrected chi connectivity index (χ2v) is 5.10. The molecule has 1 aromatic carbocycles. The average molecular weight is 348 g/mol. The van der Waals surface area contributed by atoms with Crippen molar-refractivity contribution < 1.29 is 14.3 Å². The summed E-state index contributed by atoms with van der Waals surface area (Å²) in [6.45, 7) is 0. The van der Waals surface area contributed by atoms with E-state index in [-0.39, 0.29) is 16.8 Å². The number of ether oxygens (including phenoxy) is 2. The Morgan fingerprint density at radius 2 is 2.08 bits per heavy atom. The van der Waals surface area contributed by atoms with Gasteiger partial charge in [0, 0.05) is 23.4 Å². The second-order valence-electron chi connectivity index (χ2n) is 4.69. The van der Waals surface area contributed by atoms with Crippen molar-refractivity contribution in [3.8, 4) is 11.5 Å². The van der Waals surface area contributed by atoms with Gasteiger partial charge in [0.15, 0.2) is 4.77 Å². The maximum atomic E-state index is 11.8. The van der Waals surface area contributed by atoms with Gasteiger partial charge in [0.25, 0.3) is 5.56 Å². The lowest BCUT2D eigenvalue weighted by molar-refractivity contribution is -0.120. The number of benzene rings is 1. The standard InChI is InChI=1S/C15H16N4O4S/c1-22-11-4-3-9(12(7-11)23-2)8-16-19-14(21)6-10-5-13(20)18-15(24)17-10/h3-5,7-8H,6H2,1-2H3,(H,19,21)(H2,17,18,20,24)/b16-8-. The number of nitrogens with zero attached hydrogens (tertiary/aromatic N) is 1. The zero-order valence-electron chi connectivity index (χ0n) is 13.1. The molecule has 0 fully saturated rings. The fourth-order valence-electron chi connectivity index (χ4n) is 1.93. The van der Waals surface area contributed by atoms with Crippen molar-refractivity contribution in [3.05, 3.63) is 50.6 Å². The summed E-state index contributed by atoms with van der Waals surface area (Å²) >= 11 is 4.84. The van der Waals surface area contributed by atoms with Gasteiger partial charge in [-0.1, -0.05) is 0 Å². The Bertz CT molecular complexity index is 844. The molecule has 1 amide bonds. The van der Waals surface area contributed by atoms with Crippen LogP contribution in [0.3, 0.4) is 0 Å².